The Morgan fingerprint density at radius 1 is 1.00 bits per heavy atom. The van der Waals surface area contributed by atoms with Gasteiger partial charge in [0.15, 0.2) is 0 Å². The standard InChI is InChI=1S/C24H30N2O2/c1-28-23-13-7-6-12-22(23)24(27)26-15-8-2-3-11-21(26)18-25-16-14-19-9-4-5-10-20(19)17-25/h4-7,9-10,12-13,21H,2-3,8,11,14-18H2,1H3/t21-/m1/s1. The van der Waals surface area contributed by atoms with Crippen LogP contribution < -0.4 is 4.74 Å². The maximum atomic E-state index is 13.4. The van der Waals surface area contributed by atoms with E-state index in [9.17, 15) is 4.79 Å². The molecule has 4 nitrogen and oxygen atoms in total. The fraction of sp³-hybridized carbons (Fsp3) is 0.458. The number of rotatable bonds is 4. The lowest BCUT2D eigenvalue weighted by Gasteiger charge is -2.36. The monoisotopic (exact) mass is 378 g/mol. The van der Waals surface area contributed by atoms with Crippen molar-refractivity contribution in [1.29, 1.82) is 0 Å². The molecule has 0 radical (unpaired) electrons. The Balaban J connectivity index is 1.52. The first-order valence-electron chi connectivity index (χ1n) is 10.5. The van der Waals surface area contributed by atoms with E-state index < -0.39 is 0 Å². The van der Waals surface area contributed by atoms with Gasteiger partial charge >= 0.3 is 0 Å². The first kappa shape index (κ1) is 19.0. The first-order valence-corrected chi connectivity index (χ1v) is 10.5. The van der Waals surface area contributed by atoms with Crippen LogP contribution in [-0.4, -0.2) is 48.5 Å². The van der Waals surface area contributed by atoms with Gasteiger partial charge in [-0.3, -0.25) is 9.69 Å². The number of carbonyl (C=O) groups is 1. The molecule has 0 spiro atoms. The van der Waals surface area contributed by atoms with Crippen LogP contribution in [0.15, 0.2) is 48.5 Å². The number of ether oxygens (including phenoxy) is 1. The summed E-state index contributed by atoms with van der Waals surface area (Å²) in [5.74, 6) is 0.782. The summed E-state index contributed by atoms with van der Waals surface area (Å²) in [6.45, 7) is 3.86. The van der Waals surface area contributed by atoms with Crippen molar-refractivity contribution in [2.75, 3.05) is 26.7 Å². The van der Waals surface area contributed by atoms with Gasteiger partial charge in [-0.05, 0) is 42.5 Å². The van der Waals surface area contributed by atoms with Crippen molar-refractivity contribution < 1.29 is 9.53 Å². The summed E-state index contributed by atoms with van der Waals surface area (Å²) >= 11 is 0. The SMILES string of the molecule is COc1ccccc1C(=O)N1CCCCC[C@@H]1CN1CCc2ccccc2C1. The first-order chi connectivity index (χ1) is 13.8. The van der Waals surface area contributed by atoms with E-state index in [0.717, 1.165) is 45.4 Å². The van der Waals surface area contributed by atoms with Crippen LogP contribution >= 0.6 is 0 Å². The lowest BCUT2D eigenvalue weighted by atomic mass is 9.99. The van der Waals surface area contributed by atoms with Crippen LogP contribution in [-0.2, 0) is 13.0 Å². The minimum Gasteiger partial charge on any atom is -0.496 e. The highest BCUT2D eigenvalue weighted by molar-refractivity contribution is 5.97. The molecule has 0 unspecified atom stereocenters. The molecular formula is C24H30N2O2. The number of likely N-dealkylation sites (tertiary alicyclic amines) is 1. The van der Waals surface area contributed by atoms with Crippen molar-refractivity contribution in [1.82, 2.24) is 9.80 Å². The van der Waals surface area contributed by atoms with E-state index >= 15 is 0 Å². The molecular weight excluding hydrogens is 348 g/mol. The highest BCUT2D eigenvalue weighted by Crippen LogP contribution is 2.26. The molecule has 1 amide bonds. The second kappa shape index (κ2) is 8.78. The van der Waals surface area contributed by atoms with Gasteiger partial charge in [0, 0.05) is 32.2 Å². The molecule has 2 aromatic rings. The molecule has 2 aliphatic heterocycles. The lowest BCUT2D eigenvalue weighted by Crippen LogP contribution is -2.47. The smallest absolute Gasteiger partial charge is 0.257 e. The Morgan fingerprint density at radius 3 is 2.64 bits per heavy atom. The average molecular weight is 379 g/mol. The van der Waals surface area contributed by atoms with E-state index in [4.69, 9.17) is 4.74 Å². The zero-order chi connectivity index (χ0) is 19.3. The van der Waals surface area contributed by atoms with Crippen LogP contribution in [0.4, 0.5) is 0 Å². The Morgan fingerprint density at radius 2 is 1.79 bits per heavy atom. The second-order valence-electron chi connectivity index (χ2n) is 7.96. The van der Waals surface area contributed by atoms with Crippen LogP contribution in [0.5, 0.6) is 5.75 Å². The van der Waals surface area contributed by atoms with Gasteiger partial charge in [0.1, 0.15) is 5.75 Å². The zero-order valence-corrected chi connectivity index (χ0v) is 16.8. The summed E-state index contributed by atoms with van der Waals surface area (Å²) in [4.78, 5) is 18.1. The number of methoxy groups -OCH3 is 1. The number of benzene rings is 2. The van der Waals surface area contributed by atoms with E-state index in [-0.39, 0.29) is 11.9 Å². The third kappa shape index (κ3) is 4.07. The molecule has 2 aromatic carbocycles. The van der Waals surface area contributed by atoms with Crippen molar-refractivity contribution in [3.05, 3.63) is 65.2 Å². The van der Waals surface area contributed by atoms with E-state index in [0.29, 0.717) is 11.3 Å². The Labute approximate surface area is 168 Å². The normalized spacial score (nSPS) is 20.3. The molecule has 0 bridgehead atoms. The van der Waals surface area contributed by atoms with Crippen molar-refractivity contribution in [2.45, 2.75) is 44.7 Å². The maximum Gasteiger partial charge on any atom is 0.257 e. The van der Waals surface area contributed by atoms with Crippen LogP contribution in [0.25, 0.3) is 0 Å². The largest absolute Gasteiger partial charge is 0.496 e. The third-order valence-corrected chi connectivity index (χ3v) is 6.15. The molecule has 1 saturated heterocycles. The van der Waals surface area contributed by atoms with Crippen LogP contribution in [0, 0.1) is 0 Å². The van der Waals surface area contributed by atoms with Crippen LogP contribution in [0.1, 0.15) is 47.2 Å². The van der Waals surface area contributed by atoms with Crippen LogP contribution in [0.3, 0.4) is 0 Å². The van der Waals surface area contributed by atoms with Gasteiger partial charge < -0.3 is 9.64 Å². The molecule has 4 heteroatoms. The maximum absolute atomic E-state index is 13.4. The van der Waals surface area contributed by atoms with E-state index in [2.05, 4.69) is 34.1 Å². The molecule has 0 aromatic heterocycles. The number of fused-ring (bicyclic) bond motifs is 1. The Hall–Kier alpha value is -2.33. The van der Waals surface area contributed by atoms with Crippen molar-refractivity contribution in [3.63, 3.8) is 0 Å². The van der Waals surface area contributed by atoms with Gasteiger partial charge in [-0.2, -0.15) is 0 Å². The van der Waals surface area contributed by atoms with Crippen molar-refractivity contribution in [2.24, 2.45) is 0 Å². The van der Waals surface area contributed by atoms with Crippen molar-refractivity contribution in [3.8, 4) is 5.75 Å². The number of nitrogens with zero attached hydrogens (tertiary/aromatic N) is 2. The summed E-state index contributed by atoms with van der Waals surface area (Å²) in [7, 11) is 1.64. The fourth-order valence-corrected chi connectivity index (χ4v) is 4.62. The topological polar surface area (TPSA) is 32.8 Å². The molecule has 2 heterocycles. The summed E-state index contributed by atoms with van der Waals surface area (Å²) < 4.78 is 5.45. The summed E-state index contributed by atoms with van der Waals surface area (Å²) in [6, 6.07) is 16.6. The van der Waals surface area contributed by atoms with Gasteiger partial charge in [0.2, 0.25) is 0 Å². The molecule has 2 aliphatic rings. The van der Waals surface area contributed by atoms with Crippen molar-refractivity contribution >= 4 is 5.91 Å². The predicted molar refractivity (Wildman–Crippen MR) is 112 cm³/mol. The minimum absolute atomic E-state index is 0.113. The molecule has 0 aliphatic carbocycles. The summed E-state index contributed by atoms with van der Waals surface area (Å²) in [5, 5.41) is 0. The van der Waals surface area contributed by atoms with Gasteiger partial charge in [0.05, 0.1) is 12.7 Å². The Bertz CT molecular complexity index is 820. The highest BCUT2D eigenvalue weighted by Gasteiger charge is 2.30. The average Bonchev–Trinajstić information content (AvgIpc) is 2.98. The van der Waals surface area contributed by atoms with E-state index in [1.807, 2.05) is 24.3 Å². The molecule has 4 rings (SSSR count). The fourth-order valence-electron chi connectivity index (χ4n) is 4.62. The summed E-state index contributed by atoms with van der Waals surface area (Å²) in [5.41, 5.74) is 3.59. The molecule has 148 valence electrons. The zero-order valence-electron chi connectivity index (χ0n) is 16.8. The van der Waals surface area contributed by atoms with E-state index in [1.54, 1.807) is 7.11 Å². The van der Waals surface area contributed by atoms with Crippen LogP contribution in [0.2, 0.25) is 0 Å². The van der Waals surface area contributed by atoms with E-state index in [1.165, 1.54) is 24.0 Å². The molecule has 1 atom stereocenters. The third-order valence-electron chi connectivity index (χ3n) is 6.15. The van der Waals surface area contributed by atoms with Gasteiger partial charge in [-0.1, -0.05) is 49.2 Å². The molecule has 1 fully saturated rings. The highest BCUT2D eigenvalue weighted by atomic mass is 16.5. The quantitative estimate of drug-likeness (QED) is 0.802. The minimum atomic E-state index is 0.113. The number of hydrogen-bond acceptors (Lipinski definition) is 3. The molecule has 0 saturated carbocycles. The number of amides is 1. The number of carbonyl (C=O) groups excluding carboxylic acids is 1. The van der Waals surface area contributed by atoms with Gasteiger partial charge in [-0.25, -0.2) is 0 Å². The predicted octanol–water partition coefficient (Wildman–Crippen LogP) is 4.14. The number of hydrogen-bond donors (Lipinski definition) is 0. The Kier molecular flexibility index (Phi) is 5.96. The lowest BCUT2D eigenvalue weighted by molar-refractivity contribution is 0.0619. The number of para-hydroxylation sites is 1. The second-order valence-corrected chi connectivity index (χ2v) is 7.96. The molecule has 0 N–H and O–H groups in total. The molecule has 28 heavy (non-hydrogen) atoms. The van der Waals surface area contributed by atoms with Gasteiger partial charge in [-0.15, -0.1) is 0 Å². The van der Waals surface area contributed by atoms with Gasteiger partial charge in [0.25, 0.3) is 5.91 Å². The summed E-state index contributed by atoms with van der Waals surface area (Å²) in [6.07, 6.45) is 5.67.